The minimum absolute atomic E-state index is 0.0486. The van der Waals surface area contributed by atoms with Crippen molar-refractivity contribution in [2.24, 2.45) is 0 Å². The highest BCUT2D eigenvalue weighted by molar-refractivity contribution is 7.92. The van der Waals surface area contributed by atoms with Crippen LogP contribution >= 0.6 is 34.5 Å². The number of halogens is 2. The molecule has 8 heteroatoms. The largest absolute Gasteiger partial charge is 0.280 e. The number of hydrogen-bond acceptors (Lipinski definition) is 4. The van der Waals surface area contributed by atoms with Crippen molar-refractivity contribution in [1.82, 2.24) is 4.98 Å². The molecule has 142 valence electrons. The molecule has 0 bridgehead atoms. The molecule has 0 unspecified atom stereocenters. The first-order valence-electron chi connectivity index (χ1n) is 8.27. The predicted molar refractivity (Wildman–Crippen MR) is 117 cm³/mol. The van der Waals surface area contributed by atoms with E-state index in [-0.39, 0.29) is 9.92 Å². The topological polar surface area (TPSA) is 59.1 Å². The highest BCUT2D eigenvalue weighted by Gasteiger charge is 2.16. The van der Waals surface area contributed by atoms with Gasteiger partial charge in [-0.15, -0.1) is 11.3 Å². The fourth-order valence-electron chi connectivity index (χ4n) is 2.69. The molecule has 0 spiro atoms. The van der Waals surface area contributed by atoms with E-state index in [1.54, 1.807) is 23.5 Å². The van der Waals surface area contributed by atoms with Gasteiger partial charge in [0.2, 0.25) is 0 Å². The number of benzene rings is 3. The van der Waals surface area contributed by atoms with E-state index in [0.717, 1.165) is 20.8 Å². The Balaban J connectivity index is 1.59. The van der Waals surface area contributed by atoms with Crippen LogP contribution in [0, 0.1) is 6.92 Å². The summed E-state index contributed by atoms with van der Waals surface area (Å²) in [7, 11) is -3.76. The molecule has 4 aromatic rings. The normalized spacial score (nSPS) is 11.7. The molecular formula is C20H14Cl2N2O2S2. The molecule has 0 saturated heterocycles. The highest BCUT2D eigenvalue weighted by Crippen LogP contribution is 2.32. The van der Waals surface area contributed by atoms with Crippen molar-refractivity contribution in [2.75, 3.05) is 4.72 Å². The summed E-state index contributed by atoms with van der Waals surface area (Å²) in [6.45, 7) is 2.05. The fraction of sp³-hybridized carbons (Fsp3) is 0.0500. The summed E-state index contributed by atoms with van der Waals surface area (Å²) in [5, 5.41) is 1.38. The number of sulfonamides is 1. The molecule has 0 amide bonds. The molecule has 0 atom stereocenters. The van der Waals surface area contributed by atoms with Gasteiger partial charge in [-0.1, -0.05) is 29.3 Å². The van der Waals surface area contributed by atoms with Crippen LogP contribution in [0.1, 0.15) is 5.56 Å². The van der Waals surface area contributed by atoms with Gasteiger partial charge >= 0.3 is 0 Å². The third kappa shape index (κ3) is 3.86. The SMILES string of the molecule is Cc1ccc2nc(-c3ccc(NS(=O)(=O)c4ccc(Cl)c(Cl)c4)cc3)sc2c1. The number of anilines is 1. The Kier molecular flexibility index (Phi) is 5.05. The van der Waals surface area contributed by atoms with Crippen LogP contribution < -0.4 is 4.72 Å². The van der Waals surface area contributed by atoms with E-state index in [9.17, 15) is 8.42 Å². The minimum Gasteiger partial charge on any atom is -0.280 e. The van der Waals surface area contributed by atoms with E-state index in [2.05, 4.69) is 15.8 Å². The zero-order chi connectivity index (χ0) is 19.9. The average molecular weight is 449 g/mol. The van der Waals surface area contributed by atoms with E-state index < -0.39 is 10.0 Å². The van der Waals surface area contributed by atoms with Crippen LogP contribution in [-0.2, 0) is 10.0 Å². The Morgan fingerprint density at radius 3 is 2.39 bits per heavy atom. The first kappa shape index (κ1) is 19.2. The Morgan fingerprint density at radius 1 is 0.929 bits per heavy atom. The molecule has 4 rings (SSSR count). The standard InChI is InChI=1S/C20H14Cl2N2O2S2/c1-12-2-9-18-19(10-12)27-20(23-18)13-3-5-14(6-4-13)24-28(25,26)15-7-8-16(21)17(22)11-15/h2-11,24H,1H3. The fourth-order valence-corrected chi connectivity index (χ4v) is 5.21. The van der Waals surface area contributed by atoms with Gasteiger partial charge < -0.3 is 0 Å². The van der Waals surface area contributed by atoms with Crippen LogP contribution in [0.4, 0.5) is 5.69 Å². The molecule has 1 N–H and O–H groups in total. The van der Waals surface area contributed by atoms with E-state index in [1.807, 2.05) is 31.2 Å². The van der Waals surface area contributed by atoms with Crippen LogP contribution in [-0.4, -0.2) is 13.4 Å². The van der Waals surface area contributed by atoms with E-state index in [0.29, 0.717) is 10.7 Å². The molecule has 1 aromatic heterocycles. The summed E-state index contributed by atoms with van der Waals surface area (Å²) < 4.78 is 28.8. The summed E-state index contributed by atoms with van der Waals surface area (Å²) in [5.41, 5.74) is 3.52. The lowest BCUT2D eigenvalue weighted by Gasteiger charge is -2.09. The first-order valence-corrected chi connectivity index (χ1v) is 11.3. The summed E-state index contributed by atoms with van der Waals surface area (Å²) >= 11 is 13.4. The molecule has 4 nitrogen and oxygen atoms in total. The zero-order valence-corrected chi connectivity index (χ0v) is 17.8. The van der Waals surface area contributed by atoms with Crippen molar-refractivity contribution in [3.05, 3.63) is 76.3 Å². The van der Waals surface area contributed by atoms with Crippen molar-refractivity contribution in [2.45, 2.75) is 11.8 Å². The van der Waals surface area contributed by atoms with Crippen LogP contribution in [0.15, 0.2) is 65.6 Å². The second-order valence-corrected chi connectivity index (χ2v) is 9.78. The molecule has 0 radical (unpaired) electrons. The second kappa shape index (κ2) is 7.37. The molecule has 0 aliphatic carbocycles. The summed E-state index contributed by atoms with van der Waals surface area (Å²) in [6.07, 6.45) is 0. The number of aromatic nitrogens is 1. The Bertz CT molecular complexity index is 1280. The molecule has 0 aliphatic heterocycles. The number of thiazole rings is 1. The lowest BCUT2D eigenvalue weighted by Crippen LogP contribution is -2.12. The van der Waals surface area contributed by atoms with Crippen LogP contribution in [0.3, 0.4) is 0 Å². The number of nitrogens with one attached hydrogen (secondary N) is 1. The number of fused-ring (bicyclic) bond motifs is 1. The predicted octanol–water partition coefficient (Wildman–Crippen LogP) is 6.38. The average Bonchev–Trinajstić information content (AvgIpc) is 3.07. The van der Waals surface area contributed by atoms with Gasteiger partial charge in [-0.3, -0.25) is 4.72 Å². The van der Waals surface area contributed by atoms with Crippen molar-refractivity contribution < 1.29 is 8.42 Å². The third-order valence-electron chi connectivity index (χ3n) is 4.13. The summed E-state index contributed by atoms with van der Waals surface area (Å²) in [4.78, 5) is 4.70. The van der Waals surface area contributed by atoms with Gasteiger partial charge in [-0.25, -0.2) is 13.4 Å². The van der Waals surface area contributed by atoms with Gasteiger partial charge in [0.05, 0.1) is 25.2 Å². The zero-order valence-electron chi connectivity index (χ0n) is 14.6. The summed E-state index contributed by atoms with van der Waals surface area (Å²) in [6, 6.07) is 17.4. The molecule has 0 aliphatic rings. The molecule has 1 heterocycles. The quantitative estimate of drug-likeness (QED) is 0.393. The van der Waals surface area contributed by atoms with Gasteiger partial charge in [-0.2, -0.15) is 0 Å². The molecule has 0 fully saturated rings. The van der Waals surface area contributed by atoms with Gasteiger partial charge in [0.1, 0.15) is 5.01 Å². The van der Waals surface area contributed by atoms with Crippen LogP contribution in [0.2, 0.25) is 10.0 Å². The van der Waals surface area contributed by atoms with Gasteiger partial charge in [0.15, 0.2) is 0 Å². The maximum atomic E-state index is 12.5. The first-order chi connectivity index (χ1) is 13.3. The Morgan fingerprint density at radius 2 is 1.68 bits per heavy atom. The van der Waals surface area contributed by atoms with Gasteiger partial charge in [0.25, 0.3) is 10.0 Å². The number of hydrogen-bond donors (Lipinski definition) is 1. The number of aryl methyl sites for hydroxylation is 1. The molecule has 3 aromatic carbocycles. The second-order valence-electron chi connectivity index (χ2n) is 6.25. The van der Waals surface area contributed by atoms with Crippen molar-refractivity contribution in [3.63, 3.8) is 0 Å². The minimum atomic E-state index is -3.76. The summed E-state index contributed by atoms with van der Waals surface area (Å²) in [5.74, 6) is 0. The van der Waals surface area contributed by atoms with Crippen molar-refractivity contribution in [3.8, 4) is 10.6 Å². The number of nitrogens with zero attached hydrogens (tertiary/aromatic N) is 1. The Labute approximate surface area is 176 Å². The third-order valence-corrected chi connectivity index (χ3v) is 7.31. The van der Waals surface area contributed by atoms with Gasteiger partial charge in [0, 0.05) is 11.3 Å². The molecular weight excluding hydrogens is 435 g/mol. The maximum Gasteiger partial charge on any atom is 0.261 e. The van der Waals surface area contributed by atoms with Gasteiger partial charge in [-0.05, 0) is 67.1 Å². The highest BCUT2D eigenvalue weighted by atomic mass is 35.5. The molecule has 28 heavy (non-hydrogen) atoms. The molecule has 0 saturated carbocycles. The maximum absolute atomic E-state index is 12.5. The lowest BCUT2D eigenvalue weighted by atomic mass is 10.2. The number of rotatable bonds is 4. The van der Waals surface area contributed by atoms with Crippen molar-refractivity contribution >= 4 is 60.5 Å². The smallest absolute Gasteiger partial charge is 0.261 e. The van der Waals surface area contributed by atoms with Crippen molar-refractivity contribution in [1.29, 1.82) is 0 Å². The lowest BCUT2D eigenvalue weighted by molar-refractivity contribution is 0.601. The van der Waals surface area contributed by atoms with E-state index in [1.165, 1.54) is 23.8 Å². The van der Waals surface area contributed by atoms with E-state index >= 15 is 0 Å². The van der Waals surface area contributed by atoms with E-state index in [4.69, 9.17) is 23.2 Å². The monoisotopic (exact) mass is 448 g/mol. The Hall–Kier alpha value is -2.12. The van der Waals surface area contributed by atoms with Crippen LogP contribution in [0.5, 0.6) is 0 Å². The van der Waals surface area contributed by atoms with Crippen LogP contribution in [0.25, 0.3) is 20.8 Å².